The van der Waals surface area contributed by atoms with Gasteiger partial charge in [-0.3, -0.25) is 15.6 Å². The molecule has 7 nitrogen and oxygen atoms in total. The van der Waals surface area contributed by atoms with Crippen molar-refractivity contribution in [3.8, 4) is 11.5 Å². The highest BCUT2D eigenvalue weighted by molar-refractivity contribution is 7.80. The number of benzene rings is 1. The average Bonchev–Trinajstić information content (AvgIpc) is 2.52. The number of thiocarbonyl (C=S) groups is 1. The lowest BCUT2D eigenvalue weighted by Crippen LogP contribution is -2.47. The molecule has 1 amide bonds. The fraction of sp³-hybridized carbons (Fsp3) is 0.467. The standard InChI is InChI=1S/C15H23N3O4S/c1-10(2)22-12-6-5-11(9-13(12)21-4)14(19)17-18-15(23)16-7-8-20-3/h5-6,9-10H,7-8H2,1-4H3,(H,17,19)(H2,16,18,23). The Morgan fingerprint density at radius 2 is 1.96 bits per heavy atom. The third kappa shape index (κ3) is 6.70. The molecule has 0 atom stereocenters. The van der Waals surface area contributed by atoms with E-state index in [4.69, 9.17) is 26.4 Å². The molecular weight excluding hydrogens is 318 g/mol. The molecule has 0 aromatic heterocycles. The lowest BCUT2D eigenvalue weighted by molar-refractivity contribution is 0.0943. The Morgan fingerprint density at radius 1 is 1.22 bits per heavy atom. The summed E-state index contributed by atoms with van der Waals surface area (Å²) in [4.78, 5) is 12.1. The topological polar surface area (TPSA) is 80.9 Å². The molecule has 0 bridgehead atoms. The summed E-state index contributed by atoms with van der Waals surface area (Å²) in [6.45, 7) is 4.90. The second-order valence-corrected chi connectivity index (χ2v) is 5.27. The number of hydrazine groups is 1. The Morgan fingerprint density at radius 3 is 2.57 bits per heavy atom. The minimum absolute atomic E-state index is 0.0146. The molecule has 0 aliphatic carbocycles. The molecule has 23 heavy (non-hydrogen) atoms. The molecular formula is C15H23N3O4S. The van der Waals surface area contributed by atoms with Crippen LogP contribution in [0.1, 0.15) is 24.2 Å². The zero-order valence-electron chi connectivity index (χ0n) is 13.8. The summed E-state index contributed by atoms with van der Waals surface area (Å²) in [6, 6.07) is 4.96. The van der Waals surface area contributed by atoms with Crippen LogP contribution in [-0.2, 0) is 4.74 Å². The zero-order valence-corrected chi connectivity index (χ0v) is 14.6. The van der Waals surface area contributed by atoms with E-state index in [1.807, 2.05) is 13.8 Å². The first kappa shape index (κ1) is 19.0. The van der Waals surface area contributed by atoms with Gasteiger partial charge in [0, 0.05) is 19.2 Å². The summed E-state index contributed by atoms with van der Waals surface area (Å²) in [5.74, 6) is 0.742. The minimum Gasteiger partial charge on any atom is -0.493 e. The van der Waals surface area contributed by atoms with Crippen LogP contribution in [-0.4, -0.2) is 44.5 Å². The number of hydrogen-bond acceptors (Lipinski definition) is 5. The van der Waals surface area contributed by atoms with Crippen LogP contribution in [0.3, 0.4) is 0 Å². The third-order valence-electron chi connectivity index (χ3n) is 2.67. The average molecular weight is 341 g/mol. The van der Waals surface area contributed by atoms with Gasteiger partial charge in [-0.05, 0) is 44.3 Å². The Bertz CT molecular complexity index is 537. The highest BCUT2D eigenvalue weighted by atomic mass is 32.1. The number of hydrogen-bond donors (Lipinski definition) is 3. The van der Waals surface area contributed by atoms with E-state index in [9.17, 15) is 4.79 Å². The van der Waals surface area contributed by atoms with Crippen LogP contribution in [0.5, 0.6) is 11.5 Å². The van der Waals surface area contributed by atoms with Crippen LogP contribution >= 0.6 is 12.2 Å². The monoisotopic (exact) mass is 341 g/mol. The summed E-state index contributed by atoms with van der Waals surface area (Å²) < 4.78 is 15.7. The first-order valence-electron chi connectivity index (χ1n) is 7.15. The molecule has 0 spiro atoms. The first-order valence-corrected chi connectivity index (χ1v) is 7.56. The lowest BCUT2D eigenvalue weighted by Gasteiger charge is -2.15. The van der Waals surface area contributed by atoms with Gasteiger partial charge in [0.2, 0.25) is 0 Å². The van der Waals surface area contributed by atoms with Gasteiger partial charge in [0.1, 0.15) is 0 Å². The lowest BCUT2D eigenvalue weighted by atomic mass is 10.2. The van der Waals surface area contributed by atoms with Crippen LogP contribution < -0.4 is 25.6 Å². The normalized spacial score (nSPS) is 10.1. The Balaban J connectivity index is 2.60. The van der Waals surface area contributed by atoms with Crippen molar-refractivity contribution in [1.82, 2.24) is 16.2 Å². The molecule has 3 N–H and O–H groups in total. The van der Waals surface area contributed by atoms with Crippen molar-refractivity contribution in [1.29, 1.82) is 0 Å². The van der Waals surface area contributed by atoms with Gasteiger partial charge in [-0.1, -0.05) is 0 Å². The molecule has 0 heterocycles. The molecule has 128 valence electrons. The SMILES string of the molecule is COCCNC(=S)NNC(=O)c1ccc(OC(C)C)c(OC)c1. The Labute approximate surface area is 141 Å². The molecule has 0 unspecified atom stereocenters. The van der Waals surface area contributed by atoms with Crippen LogP contribution in [0.15, 0.2) is 18.2 Å². The van der Waals surface area contributed by atoms with Crippen molar-refractivity contribution < 1.29 is 19.0 Å². The molecule has 1 rings (SSSR count). The summed E-state index contributed by atoms with van der Waals surface area (Å²) in [5, 5.41) is 3.19. The maximum absolute atomic E-state index is 12.1. The molecule has 1 aromatic rings. The van der Waals surface area contributed by atoms with E-state index in [1.54, 1.807) is 25.3 Å². The third-order valence-corrected chi connectivity index (χ3v) is 2.92. The zero-order chi connectivity index (χ0) is 17.2. The Kier molecular flexibility index (Phi) is 8.14. The van der Waals surface area contributed by atoms with Crippen molar-refractivity contribution in [2.75, 3.05) is 27.4 Å². The van der Waals surface area contributed by atoms with Gasteiger partial charge >= 0.3 is 0 Å². The quantitative estimate of drug-likeness (QED) is 0.391. The van der Waals surface area contributed by atoms with E-state index in [2.05, 4.69) is 16.2 Å². The molecule has 0 aliphatic heterocycles. The highest BCUT2D eigenvalue weighted by Gasteiger charge is 2.12. The predicted molar refractivity (Wildman–Crippen MR) is 91.8 cm³/mol. The van der Waals surface area contributed by atoms with Gasteiger partial charge in [0.15, 0.2) is 16.6 Å². The first-order chi connectivity index (χ1) is 11.0. The van der Waals surface area contributed by atoms with Gasteiger partial charge in [-0.15, -0.1) is 0 Å². The van der Waals surface area contributed by atoms with Crippen LogP contribution in [0, 0.1) is 0 Å². The molecule has 0 saturated carbocycles. The van der Waals surface area contributed by atoms with Crippen molar-refractivity contribution in [3.63, 3.8) is 0 Å². The molecule has 1 aromatic carbocycles. The summed E-state index contributed by atoms with van der Waals surface area (Å²) in [5.41, 5.74) is 5.55. The van der Waals surface area contributed by atoms with Gasteiger partial charge < -0.3 is 19.5 Å². The van der Waals surface area contributed by atoms with Crippen molar-refractivity contribution in [3.05, 3.63) is 23.8 Å². The van der Waals surface area contributed by atoms with E-state index in [1.165, 1.54) is 7.11 Å². The largest absolute Gasteiger partial charge is 0.493 e. The fourth-order valence-electron chi connectivity index (χ4n) is 1.66. The smallest absolute Gasteiger partial charge is 0.269 e. The maximum Gasteiger partial charge on any atom is 0.269 e. The Hall–Kier alpha value is -2.06. The van der Waals surface area contributed by atoms with E-state index < -0.39 is 0 Å². The minimum atomic E-state index is -0.338. The molecule has 0 fully saturated rings. The van der Waals surface area contributed by atoms with Gasteiger partial charge in [-0.2, -0.15) is 0 Å². The second kappa shape index (κ2) is 9.86. The molecule has 0 radical (unpaired) electrons. The van der Waals surface area contributed by atoms with Crippen LogP contribution in [0.25, 0.3) is 0 Å². The van der Waals surface area contributed by atoms with Gasteiger partial charge in [0.25, 0.3) is 5.91 Å². The van der Waals surface area contributed by atoms with E-state index in [0.717, 1.165) is 0 Å². The number of nitrogens with one attached hydrogen (secondary N) is 3. The van der Waals surface area contributed by atoms with Gasteiger partial charge in [-0.25, -0.2) is 0 Å². The number of ether oxygens (including phenoxy) is 3. The highest BCUT2D eigenvalue weighted by Crippen LogP contribution is 2.28. The van der Waals surface area contributed by atoms with Crippen molar-refractivity contribution in [2.24, 2.45) is 0 Å². The summed E-state index contributed by atoms with van der Waals surface area (Å²) in [7, 11) is 3.12. The van der Waals surface area contributed by atoms with Crippen molar-refractivity contribution in [2.45, 2.75) is 20.0 Å². The van der Waals surface area contributed by atoms with E-state index in [0.29, 0.717) is 35.3 Å². The van der Waals surface area contributed by atoms with Crippen LogP contribution in [0.4, 0.5) is 0 Å². The number of carbonyl (C=O) groups excluding carboxylic acids is 1. The van der Waals surface area contributed by atoms with Crippen molar-refractivity contribution >= 4 is 23.2 Å². The van der Waals surface area contributed by atoms with Crippen LogP contribution in [0.2, 0.25) is 0 Å². The molecule has 0 saturated heterocycles. The number of methoxy groups -OCH3 is 2. The predicted octanol–water partition coefficient (Wildman–Crippen LogP) is 1.24. The fourth-order valence-corrected chi connectivity index (χ4v) is 1.81. The number of rotatable bonds is 7. The summed E-state index contributed by atoms with van der Waals surface area (Å²) >= 11 is 5.02. The van der Waals surface area contributed by atoms with Gasteiger partial charge in [0.05, 0.1) is 19.8 Å². The maximum atomic E-state index is 12.1. The summed E-state index contributed by atoms with van der Waals surface area (Å²) in [6.07, 6.45) is 0.0146. The number of carbonyl (C=O) groups is 1. The molecule has 8 heteroatoms. The number of amides is 1. The van der Waals surface area contributed by atoms with E-state index in [-0.39, 0.29) is 12.0 Å². The van der Waals surface area contributed by atoms with E-state index >= 15 is 0 Å². The second-order valence-electron chi connectivity index (χ2n) is 4.86. The molecule has 0 aliphatic rings.